The second kappa shape index (κ2) is 7.65. The Labute approximate surface area is 179 Å². The fourth-order valence-corrected chi connectivity index (χ4v) is 3.38. The molecule has 0 aliphatic rings. The Bertz CT molecular complexity index is 1460. The molecule has 0 aliphatic heterocycles. The number of hydrogen-bond donors (Lipinski definition) is 1. The first-order chi connectivity index (χ1) is 15.5. The molecule has 0 fully saturated rings. The molecule has 2 aromatic carbocycles. The summed E-state index contributed by atoms with van der Waals surface area (Å²) < 4.78 is 35.4. The van der Waals surface area contributed by atoms with E-state index in [9.17, 15) is 13.6 Å². The number of carbonyl (C=O) groups excluding carboxylic acids is 1. The van der Waals surface area contributed by atoms with Crippen molar-refractivity contribution in [2.24, 2.45) is 0 Å². The van der Waals surface area contributed by atoms with Crippen molar-refractivity contribution >= 4 is 22.7 Å². The number of pyridine rings is 1. The molecule has 5 aromatic rings. The van der Waals surface area contributed by atoms with Gasteiger partial charge < -0.3 is 9.84 Å². The van der Waals surface area contributed by atoms with Crippen LogP contribution in [0.4, 0.5) is 14.5 Å². The standard InChI is InChI=1S/C22H14F2N6O2/c1-12-20-15(9-18(28-22(20)32-29-12)14-4-2-3-5-16(14)23)21(31)27-13-6-7-19(17(24)8-13)30-11-25-10-26-30/h2-11H,1H3,(H,27,31). The molecule has 0 spiro atoms. The number of benzene rings is 2. The van der Waals surface area contributed by atoms with E-state index < -0.39 is 17.5 Å². The Balaban J connectivity index is 1.54. The summed E-state index contributed by atoms with van der Waals surface area (Å²) in [5, 5.41) is 10.8. The van der Waals surface area contributed by atoms with Gasteiger partial charge in [0.15, 0.2) is 5.82 Å². The van der Waals surface area contributed by atoms with E-state index in [0.29, 0.717) is 11.1 Å². The van der Waals surface area contributed by atoms with E-state index in [2.05, 4.69) is 25.5 Å². The molecule has 0 saturated heterocycles. The highest BCUT2D eigenvalue weighted by Gasteiger charge is 2.21. The monoisotopic (exact) mass is 432 g/mol. The maximum absolute atomic E-state index is 14.5. The van der Waals surface area contributed by atoms with Gasteiger partial charge in [0.2, 0.25) is 0 Å². The summed E-state index contributed by atoms with van der Waals surface area (Å²) in [6, 6.07) is 11.7. The molecule has 0 unspecified atom stereocenters. The molecular formula is C22H14F2N6O2. The van der Waals surface area contributed by atoms with Crippen molar-refractivity contribution in [3.05, 3.63) is 84.1 Å². The Morgan fingerprint density at radius 2 is 1.94 bits per heavy atom. The summed E-state index contributed by atoms with van der Waals surface area (Å²) in [6.07, 6.45) is 2.65. The normalized spacial score (nSPS) is 11.1. The van der Waals surface area contributed by atoms with Crippen LogP contribution in [-0.2, 0) is 0 Å². The number of aromatic nitrogens is 5. The molecule has 1 N–H and O–H groups in total. The molecule has 32 heavy (non-hydrogen) atoms. The molecule has 0 saturated carbocycles. The Hall–Kier alpha value is -4.47. The molecule has 0 radical (unpaired) electrons. The third kappa shape index (κ3) is 3.37. The summed E-state index contributed by atoms with van der Waals surface area (Å²) in [7, 11) is 0. The first-order valence-electron chi connectivity index (χ1n) is 9.49. The Kier molecular flexibility index (Phi) is 4.66. The van der Waals surface area contributed by atoms with Crippen molar-refractivity contribution in [1.29, 1.82) is 0 Å². The van der Waals surface area contributed by atoms with Crippen LogP contribution in [0.2, 0.25) is 0 Å². The molecule has 3 heterocycles. The van der Waals surface area contributed by atoms with Gasteiger partial charge in [-0.2, -0.15) is 5.10 Å². The number of nitrogens with zero attached hydrogens (tertiary/aromatic N) is 5. The highest BCUT2D eigenvalue weighted by molar-refractivity contribution is 6.13. The van der Waals surface area contributed by atoms with Gasteiger partial charge in [0.05, 0.1) is 22.3 Å². The van der Waals surface area contributed by atoms with Crippen molar-refractivity contribution in [2.75, 3.05) is 5.32 Å². The summed E-state index contributed by atoms with van der Waals surface area (Å²) >= 11 is 0. The maximum atomic E-state index is 14.5. The van der Waals surface area contributed by atoms with Crippen LogP contribution in [0.15, 0.2) is 65.7 Å². The minimum absolute atomic E-state index is 0.0983. The van der Waals surface area contributed by atoms with Gasteiger partial charge in [0.25, 0.3) is 11.6 Å². The molecule has 5 rings (SSSR count). The van der Waals surface area contributed by atoms with E-state index in [-0.39, 0.29) is 33.9 Å². The zero-order chi connectivity index (χ0) is 22.2. The molecule has 1 amide bonds. The van der Waals surface area contributed by atoms with Crippen LogP contribution in [0.1, 0.15) is 16.1 Å². The lowest BCUT2D eigenvalue weighted by Crippen LogP contribution is -2.13. The van der Waals surface area contributed by atoms with Gasteiger partial charge in [-0.25, -0.2) is 23.4 Å². The lowest BCUT2D eigenvalue weighted by Gasteiger charge is -2.10. The summed E-state index contributed by atoms with van der Waals surface area (Å²) in [5.41, 5.74) is 1.55. The van der Waals surface area contributed by atoms with E-state index >= 15 is 0 Å². The highest BCUT2D eigenvalue weighted by atomic mass is 19.1. The molecule has 158 valence electrons. The van der Waals surface area contributed by atoms with Gasteiger partial charge in [-0.3, -0.25) is 4.79 Å². The fraction of sp³-hybridized carbons (Fsp3) is 0.0455. The quantitative estimate of drug-likeness (QED) is 0.454. The second-order valence-electron chi connectivity index (χ2n) is 6.94. The van der Waals surface area contributed by atoms with Gasteiger partial charge in [-0.1, -0.05) is 17.3 Å². The second-order valence-corrected chi connectivity index (χ2v) is 6.94. The predicted octanol–water partition coefficient (Wildman–Crippen LogP) is 4.31. The lowest BCUT2D eigenvalue weighted by molar-refractivity contribution is 0.102. The van der Waals surface area contributed by atoms with Gasteiger partial charge in [0, 0.05) is 11.3 Å². The third-order valence-electron chi connectivity index (χ3n) is 4.88. The molecule has 10 heteroatoms. The van der Waals surface area contributed by atoms with Gasteiger partial charge in [-0.05, 0) is 43.3 Å². The number of fused-ring (bicyclic) bond motifs is 1. The molecule has 0 bridgehead atoms. The SMILES string of the molecule is Cc1noc2nc(-c3ccccc3F)cc(C(=O)Nc3ccc(-n4cncn4)c(F)c3)c12. The van der Waals surface area contributed by atoms with Gasteiger partial charge in [0.1, 0.15) is 24.2 Å². The zero-order valence-corrected chi connectivity index (χ0v) is 16.6. The summed E-state index contributed by atoms with van der Waals surface area (Å²) in [4.78, 5) is 21.2. The van der Waals surface area contributed by atoms with E-state index in [1.54, 1.807) is 25.1 Å². The molecular weight excluding hydrogens is 418 g/mol. The van der Waals surface area contributed by atoms with Crippen LogP contribution in [0.3, 0.4) is 0 Å². The zero-order valence-electron chi connectivity index (χ0n) is 16.6. The van der Waals surface area contributed by atoms with Crippen LogP contribution in [-0.4, -0.2) is 30.8 Å². The highest BCUT2D eigenvalue weighted by Crippen LogP contribution is 2.29. The van der Waals surface area contributed by atoms with Crippen LogP contribution in [0, 0.1) is 18.6 Å². The molecule has 8 nitrogen and oxygen atoms in total. The first kappa shape index (κ1) is 19.5. The number of anilines is 1. The van der Waals surface area contributed by atoms with Crippen LogP contribution >= 0.6 is 0 Å². The minimum Gasteiger partial charge on any atom is -0.335 e. The van der Waals surface area contributed by atoms with Crippen molar-refractivity contribution in [2.45, 2.75) is 6.92 Å². The Morgan fingerprint density at radius 1 is 1.09 bits per heavy atom. The maximum Gasteiger partial charge on any atom is 0.259 e. The van der Waals surface area contributed by atoms with E-state index in [1.165, 1.54) is 47.7 Å². The third-order valence-corrected chi connectivity index (χ3v) is 4.88. The van der Waals surface area contributed by atoms with Crippen molar-refractivity contribution in [1.82, 2.24) is 24.9 Å². The Morgan fingerprint density at radius 3 is 2.69 bits per heavy atom. The average molecular weight is 432 g/mol. The number of halogens is 2. The van der Waals surface area contributed by atoms with Crippen LogP contribution in [0.5, 0.6) is 0 Å². The van der Waals surface area contributed by atoms with Crippen molar-refractivity contribution in [3.63, 3.8) is 0 Å². The number of amides is 1. The van der Waals surface area contributed by atoms with Crippen molar-refractivity contribution < 1.29 is 18.1 Å². The van der Waals surface area contributed by atoms with Crippen LogP contribution in [0.25, 0.3) is 28.0 Å². The van der Waals surface area contributed by atoms with Crippen LogP contribution < -0.4 is 5.32 Å². The molecule has 0 atom stereocenters. The number of carbonyl (C=O) groups is 1. The average Bonchev–Trinajstić information content (AvgIpc) is 3.44. The number of nitrogens with one attached hydrogen (secondary N) is 1. The smallest absolute Gasteiger partial charge is 0.259 e. The van der Waals surface area contributed by atoms with Gasteiger partial charge >= 0.3 is 0 Å². The van der Waals surface area contributed by atoms with Crippen molar-refractivity contribution in [3.8, 4) is 16.9 Å². The van der Waals surface area contributed by atoms with Gasteiger partial charge in [-0.15, -0.1) is 0 Å². The number of rotatable bonds is 4. The molecule has 3 aromatic heterocycles. The topological polar surface area (TPSA) is 98.7 Å². The summed E-state index contributed by atoms with van der Waals surface area (Å²) in [5.74, 6) is -1.64. The number of hydrogen-bond acceptors (Lipinski definition) is 6. The summed E-state index contributed by atoms with van der Waals surface area (Å²) in [6.45, 7) is 1.67. The molecule has 0 aliphatic carbocycles. The first-order valence-corrected chi connectivity index (χ1v) is 9.49. The van der Waals surface area contributed by atoms with E-state index in [1.807, 2.05) is 0 Å². The largest absolute Gasteiger partial charge is 0.335 e. The minimum atomic E-state index is -0.596. The number of aryl methyl sites for hydroxylation is 1. The predicted molar refractivity (Wildman–Crippen MR) is 111 cm³/mol. The van der Waals surface area contributed by atoms with E-state index in [0.717, 1.165) is 0 Å². The van der Waals surface area contributed by atoms with E-state index in [4.69, 9.17) is 4.52 Å². The lowest BCUT2D eigenvalue weighted by atomic mass is 10.0. The fourth-order valence-electron chi connectivity index (χ4n) is 3.38.